The lowest BCUT2D eigenvalue weighted by atomic mass is 9.96. The van der Waals surface area contributed by atoms with Crippen molar-refractivity contribution >= 4 is 83.6 Å². The molecular weight excluding hydrogens is 1130 g/mol. The predicted molar refractivity (Wildman–Crippen MR) is 324 cm³/mol. The summed E-state index contributed by atoms with van der Waals surface area (Å²) in [5, 5.41) is 63.8. The van der Waals surface area contributed by atoms with Gasteiger partial charge < -0.3 is 45.9 Å². The number of benzene rings is 2. The van der Waals surface area contributed by atoms with Crippen molar-refractivity contribution in [1.29, 1.82) is 0 Å². The number of likely N-dealkylation sites (tertiary alicyclic amines) is 2. The standard InChI is InChI=1S/2C23H27N7O2S.C10H13N7S/c2*1-32-18-6-2-5-16(13-18)22(29-10-4-11-29)19(31)14-21-27-28-23(33-21)25-17-8-12-30(15-17)20-7-3-9-24-26-20;11-9-15-16-10(18-9)13-7-3-5-17(6-7)8-2-1-4-12-14-8/h2*2-3,5-7,9,13,17,22H,4,8,10-12,14-15H2,1H3,(H,25,28);1-2,4,7H,3,5-6H2,(H2,11,15)(H,13,16)/t17-,22+;17-,22-;7-/m111/s1. The van der Waals surface area contributed by atoms with Gasteiger partial charge in [-0.25, -0.2) is 0 Å². The van der Waals surface area contributed by atoms with Crippen LogP contribution in [0.4, 0.5) is 38.0 Å². The highest BCUT2D eigenvalue weighted by molar-refractivity contribution is 7.18. The van der Waals surface area contributed by atoms with Gasteiger partial charge in [0, 0.05) is 102 Å². The lowest BCUT2D eigenvalue weighted by molar-refractivity contribution is -0.126. The number of ketones is 2. The second kappa shape index (κ2) is 27.9. The van der Waals surface area contributed by atoms with Crippen LogP contribution in [0.2, 0.25) is 0 Å². The first-order valence-electron chi connectivity index (χ1n) is 28.1. The van der Waals surface area contributed by atoms with Crippen molar-refractivity contribution in [3.8, 4) is 11.5 Å². The molecule has 0 amide bonds. The largest absolute Gasteiger partial charge is 0.497 e. The van der Waals surface area contributed by atoms with Gasteiger partial charge >= 0.3 is 0 Å². The minimum Gasteiger partial charge on any atom is -0.497 e. The molecule has 0 radical (unpaired) electrons. The fraction of sp³-hybridized carbons (Fsp3) is 0.429. The SMILES string of the molecule is COc1cccc([C@@H](C(=O)Cc2nnc(N[C@@H]3CCN(c4cccnn4)C3)s2)N2CCC2)c1.COc1cccc([C@H](C(=O)Cc2nnc(N[C@@H]3CCN(c4cccnn4)C3)s2)N2CCC2)c1.Nc1nnc(N[C@@H]2CCN(c3cccnn3)C2)s1. The number of carbonyl (C=O) groups excluding carboxylic acids is 2. The summed E-state index contributed by atoms with van der Waals surface area (Å²) in [5.41, 5.74) is 7.49. The Balaban J connectivity index is 0.000000137. The number of rotatable bonds is 21. The van der Waals surface area contributed by atoms with Crippen molar-refractivity contribution < 1.29 is 19.1 Å². The number of anilines is 7. The minimum atomic E-state index is -0.274. The van der Waals surface area contributed by atoms with Crippen LogP contribution in [-0.2, 0) is 22.4 Å². The molecule has 438 valence electrons. The van der Waals surface area contributed by atoms with Gasteiger partial charge in [-0.3, -0.25) is 19.4 Å². The first kappa shape index (κ1) is 57.6. The molecule has 5 N–H and O–H groups in total. The molecule has 28 heteroatoms. The van der Waals surface area contributed by atoms with Crippen LogP contribution >= 0.6 is 34.0 Å². The molecule has 0 saturated carbocycles. The van der Waals surface area contributed by atoms with E-state index in [9.17, 15) is 9.59 Å². The highest BCUT2D eigenvalue weighted by Crippen LogP contribution is 2.34. The van der Waals surface area contributed by atoms with Crippen molar-refractivity contribution in [1.82, 2.24) is 71.0 Å². The average Bonchev–Trinajstić information content (AvgIpc) is 4.52. The third kappa shape index (κ3) is 14.9. The monoisotopic (exact) mass is 1190 g/mol. The molecule has 84 heavy (non-hydrogen) atoms. The third-order valence-corrected chi connectivity index (χ3v) is 17.6. The van der Waals surface area contributed by atoms with Crippen LogP contribution < -0.4 is 45.9 Å². The van der Waals surface area contributed by atoms with Crippen molar-refractivity contribution in [2.75, 3.05) is 116 Å². The zero-order chi connectivity index (χ0) is 57.6. The van der Waals surface area contributed by atoms with Crippen LogP contribution in [0, 0.1) is 0 Å². The lowest BCUT2D eigenvalue weighted by Crippen LogP contribution is -2.44. The fourth-order valence-corrected chi connectivity index (χ4v) is 13.0. The van der Waals surface area contributed by atoms with Crippen molar-refractivity contribution in [2.24, 2.45) is 0 Å². The van der Waals surface area contributed by atoms with Crippen LogP contribution in [0.15, 0.2) is 104 Å². The number of methoxy groups -OCH3 is 2. The number of nitrogens with one attached hydrogen (secondary N) is 3. The van der Waals surface area contributed by atoms with Crippen LogP contribution in [0.1, 0.15) is 65.3 Å². The number of nitrogen functional groups attached to an aromatic ring is 1. The molecule has 0 unspecified atom stereocenters. The van der Waals surface area contributed by atoms with Gasteiger partial charge in [-0.15, -0.1) is 45.9 Å². The number of carbonyl (C=O) groups is 2. The third-order valence-electron chi connectivity index (χ3n) is 15.2. The maximum Gasteiger partial charge on any atom is 0.207 e. The van der Waals surface area contributed by atoms with Gasteiger partial charge in [0.1, 0.15) is 21.5 Å². The number of nitrogens with zero attached hydrogens (tertiary/aromatic N) is 17. The number of hydrogen-bond donors (Lipinski definition) is 4. The van der Waals surface area contributed by atoms with Crippen molar-refractivity contribution in [2.45, 2.75) is 75.2 Å². The van der Waals surface area contributed by atoms with E-state index >= 15 is 0 Å². The van der Waals surface area contributed by atoms with E-state index in [0.717, 1.165) is 163 Å². The second-order valence-electron chi connectivity index (χ2n) is 20.8. The number of nitrogens with two attached hydrogens (primary N) is 1. The molecule has 0 bridgehead atoms. The van der Waals surface area contributed by atoms with E-state index in [1.54, 1.807) is 32.8 Å². The average molecular weight is 1190 g/mol. The van der Waals surface area contributed by atoms with Gasteiger partial charge in [0.15, 0.2) is 29.0 Å². The molecule has 13 rings (SSSR count). The van der Waals surface area contributed by atoms with E-state index < -0.39 is 0 Å². The van der Waals surface area contributed by atoms with E-state index in [0.29, 0.717) is 11.2 Å². The fourth-order valence-electron chi connectivity index (χ4n) is 10.7. The van der Waals surface area contributed by atoms with Gasteiger partial charge in [0.2, 0.25) is 20.5 Å². The van der Waals surface area contributed by atoms with E-state index in [4.69, 9.17) is 15.2 Å². The van der Waals surface area contributed by atoms with Gasteiger partial charge in [-0.1, -0.05) is 58.3 Å². The topological polar surface area (TPSA) is 286 Å². The summed E-state index contributed by atoms with van der Waals surface area (Å²) >= 11 is 4.29. The van der Waals surface area contributed by atoms with Gasteiger partial charge in [-0.05, 0) is 104 Å². The molecule has 8 aromatic rings. The highest BCUT2D eigenvalue weighted by Gasteiger charge is 2.35. The molecule has 5 fully saturated rings. The molecule has 25 nitrogen and oxygen atoms in total. The summed E-state index contributed by atoms with van der Waals surface area (Å²) in [4.78, 5) is 37.7. The van der Waals surface area contributed by atoms with Gasteiger partial charge in [0.05, 0.1) is 39.1 Å². The zero-order valence-corrected chi connectivity index (χ0v) is 49.2. The van der Waals surface area contributed by atoms with Crippen molar-refractivity contribution in [3.63, 3.8) is 0 Å². The van der Waals surface area contributed by atoms with E-state index in [1.165, 1.54) is 34.0 Å². The normalized spacial score (nSPS) is 19.2. The zero-order valence-electron chi connectivity index (χ0n) is 46.8. The molecule has 6 aromatic heterocycles. The highest BCUT2D eigenvalue weighted by atomic mass is 32.1. The number of aromatic nitrogens is 12. The van der Waals surface area contributed by atoms with E-state index in [-0.39, 0.29) is 48.6 Å². The Labute approximate surface area is 498 Å². The summed E-state index contributed by atoms with van der Waals surface area (Å²) < 4.78 is 10.7. The Morgan fingerprint density at radius 3 is 1.24 bits per heavy atom. The molecule has 0 aliphatic carbocycles. The molecule has 0 spiro atoms. The van der Waals surface area contributed by atoms with Crippen molar-refractivity contribution in [3.05, 3.63) is 125 Å². The number of Topliss-reactive ketones (excluding diaryl/α,β-unsaturated/α-hetero) is 2. The van der Waals surface area contributed by atoms with Gasteiger partial charge in [0.25, 0.3) is 0 Å². The second-order valence-corrected chi connectivity index (χ2v) is 24.0. The van der Waals surface area contributed by atoms with Crippen LogP contribution in [0.25, 0.3) is 0 Å². The predicted octanol–water partition coefficient (Wildman–Crippen LogP) is 5.77. The molecule has 5 aliphatic heterocycles. The molecule has 2 aromatic carbocycles. The Hall–Kier alpha value is -8.18. The van der Waals surface area contributed by atoms with E-state index in [1.807, 2.05) is 84.9 Å². The quantitative estimate of drug-likeness (QED) is 0.0664. The Morgan fingerprint density at radius 1 is 0.512 bits per heavy atom. The summed E-state index contributed by atoms with van der Waals surface area (Å²) in [6.07, 6.45) is 10.8. The van der Waals surface area contributed by atoms with Gasteiger partial charge in [-0.2, -0.15) is 15.3 Å². The molecule has 5 atom stereocenters. The minimum absolute atomic E-state index is 0.139. The molecular formula is C56H67N21O4S3. The maximum atomic E-state index is 13.3. The molecule has 5 saturated heterocycles. The summed E-state index contributed by atoms with van der Waals surface area (Å²) in [5.74, 6) is 4.50. The smallest absolute Gasteiger partial charge is 0.207 e. The number of ether oxygens (including phenoxy) is 2. The van der Waals surface area contributed by atoms with Crippen LogP contribution in [0.5, 0.6) is 11.5 Å². The van der Waals surface area contributed by atoms with Crippen LogP contribution in [-0.4, -0.2) is 180 Å². The maximum absolute atomic E-state index is 13.3. The molecule has 5 aliphatic rings. The lowest BCUT2D eigenvalue weighted by Gasteiger charge is -2.37. The first-order valence-corrected chi connectivity index (χ1v) is 30.6. The Morgan fingerprint density at radius 2 is 0.905 bits per heavy atom. The summed E-state index contributed by atoms with van der Waals surface area (Å²) in [6.45, 7) is 9.07. The number of hydrogen-bond acceptors (Lipinski definition) is 28. The first-order chi connectivity index (χ1) is 41.2. The Bertz CT molecular complexity index is 3200. The summed E-state index contributed by atoms with van der Waals surface area (Å²) in [6, 6.07) is 27.5. The van der Waals surface area contributed by atoms with E-state index in [2.05, 4.69) is 102 Å². The Kier molecular flexibility index (Phi) is 19.2. The van der Waals surface area contributed by atoms with Crippen LogP contribution in [0.3, 0.4) is 0 Å². The summed E-state index contributed by atoms with van der Waals surface area (Å²) in [7, 11) is 3.29. The molecule has 11 heterocycles.